The molecule has 0 unspecified atom stereocenters. The average molecular weight is 213 g/mol. The first-order valence-corrected chi connectivity index (χ1v) is 5.62. The SMILES string of the molecule is CCCCc1nc(C(=O)COC)cs1. The van der Waals surface area contributed by atoms with Crippen LogP contribution >= 0.6 is 11.3 Å². The Labute approximate surface area is 88.1 Å². The molecule has 0 N–H and O–H groups in total. The number of ketones is 1. The number of aryl methyl sites for hydroxylation is 1. The van der Waals surface area contributed by atoms with Crippen LogP contribution in [-0.2, 0) is 11.2 Å². The van der Waals surface area contributed by atoms with Crippen LogP contribution in [0.15, 0.2) is 5.38 Å². The number of carbonyl (C=O) groups is 1. The first-order valence-electron chi connectivity index (χ1n) is 4.74. The molecule has 14 heavy (non-hydrogen) atoms. The second-order valence-corrected chi connectivity index (χ2v) is 4.03. The molecule has 0 spiro atoms. The molecule has 0 aliphatic carbocycles. The van der Waals surface area contributed by atoms with Gasteiger partial charge in [0.15, 0.2) is 0 Å². The van der Waals surface area contributed by atoms with Gasteiger partial charge >= 0.3 is 0 Å². The van der Waals surface area contributed by atoms with Crippen LogP contribution in [0, 0.1) is 0 Å². The van der Waals surface area contributed by atoms with Crippen LogP contribution < -0.4 is 0 Å². The summed E-state index contributed by atoms with van der Waals surface area (Å²) < 4.78 is 4.76. The van der Waals surface area contributed by atoms with Crippen molar-refractivity contribution in [1.29, 1.82) is 0 Å². The van der Waals surface area contributed by atoms with Gasteiger partial charge in [0, 0.05) is 12.5 Å². The molecule has 3 nitrogen and oxygen atoms in total. The molecule has 0 atom stereocenters. The first-order chi connectivity index (χ1) is 6.77. The van der Waals surface area contributed by atoms with Gasteiger partial charge in [0.25, 0.3) is 0 Å². The zero-order valence-electron chi connectivity index (χ0n) is 8.58. The Morgan fingerprint density at radius 1 is 1.64 bits per heavy atom. The van der Waals surface area contributed by atoms with E-state index in [-0.39, 0.29) is 12.4 Å². The molecule has 0 amide bonds. The van der Waals surface area contributed by atoms with Crippen LogP contribution in [0.2, 0.25) is 0 Å². The van der Waals surface area contributed by atoms with Gasteiger partial charge in [-0.1, -0.05) is 13.3 Å². The maximum absolute atomic E-state index is 11.4. The summed E-state index contributed by atoms with van der Waals surface area (Å²) in [5.74, 6) is -0.0356. The fourth-order valence-electron chi connectivity index (χ4n) is 1.09. The molecule has 78 valence electrons. The summed E-state index contributed by atoms with van der Waals surface area (Å²) in [4.78, 5) is 15.6. The van der Waals surface area contributed by atoms with Crippen molar-refractivity contribution in [3.05, 3.63) is 16.1 Å². The molecule has 1 rings (SSSR count). The summed E-state index contributed by atoms with van der Waals surface area (Å²) in [7, 11) is 1.52. The summed E-state index contributed by atoms with van der Waals surface area (Å²) >= 11 is 1.56. The van der Waals surface area contributed by atoms with E-state index >= 15 is 0 Å². The smallest absolute Gasteiger partial charge is 0.207 e. The van der Waals surface area contributed by atoms with Crippen molar-refractivity contribution in [2.45, 2.75) is 26.2 Å². The third kappa shape index (κ3) is 3.20. The van der Waals surface area contributed by atoms with E-state index in [9.17, 15) is 4.79 Å². The maximum atomic E-state index is 11.4. The molecule has 1 aromatic rings. The molecule has 1 heterocycles. The molecule has 0 aliphatic rings. The highest BCUT2D eigenvalue weighted by Crippen LogP contribution is 2.13. The summed E-state index contributed by atoms with van der Waals surface area (Å²) in [5.41, 5.74) is 0.544. The second-order valence-electron chi connectivity index (χ2n) is 3.09. The Morgan fingerprint density at radius 2 is 2.43 bits per heavy atom. The van der Waals surface area contributed by atoms with Crippen LogP contribution in [0.3, 0.4) is 0 Å². The van der Waals surface area contributed by atoms with Crippen molar-refractivity contribution in [3.63, 3.8) is 0 Å². The summed E-state index contributed by atoms with van der Waals surface area (Å²) in [6.45, 7) is 2.27. The number of nitrogens with zero attached hydrogens (tertiary/aromatic N) is 1. The number of thiazole rings is 1. The molecule has 0 saturated carbocycles. The number of Topliss-reactive ketones (excluding diaryl/α,β-unsaturated/α-hetero) is 1. The average Bonchev–Trinajstić information content (AvgIpc) is 2.63. The van der Waals surface area contributed by atoms with Crippen molar-refractivity contribution < 1.29 is 9.53 Å². The van der Waals surface area contributed by atoms with Crippen LogP contribution in [-0.4, -0.2) is 24.5 Å². The zero-order valence-corrected chi connectivity index (χ0v) is 9.39. The fraction of sp³-hybridized carbons (Fsp3) is 0.600. The molecule has 0 aliphatic heterocycles. The molecule has 0 aromatic carbocycles. The monoisotopic (exact) mass is 213 g/mol. The Balaban J connectivity index is 2.54. The number of hydrogen-bond donors (Lipinski definition) is 0. The number of hydrogen-bond acceptors (Lipinski definition) is 4. The summed E-state index contributed by atoms with van der Waals surface area (Å²) in [5, 5.41) is 2.86. The van der Waals surface area contributed by atoms with Crippen LogP contribution in [0.5, 0.6) is 0 Å². The highest BCUT2D eigenvalue weighted by atomic mass is 32.1. The molecule has 0 saturated heterocycles. The number of unbranched alkanes of at least 4 members (excludes halogenated alkanes) is 1. The number of aromatic nitrogens is 1. The van der Waals surface area contributed by atoms with E-state index in [4.69, 9.17) is 4.74 Å². The van der Waals surface area contributed by atoms with Gasteiger partial charge in [-0.05, 0) is 12.8 Å². The normalized spacial score (nSPS) is 10.4. The summed E-state index contributed by atoms with van der Waals surface area (Å²) in [6, 6.07) is 0. The zero-order chi connectivity index (χ0) is 10.4. The van der Waals surface area contributed by atoms with Crippen molar-refractivity contribution in [2.24, 2.45) is 0 Å². The highest BCUT2D eigenvalue weighted by molar-refractivity contribution is 7.09. The number of rotatable bonds is 6. The summed E-state index contributed by atoms with van der Waals surface area (Å²) in [6.07, 6.45) is 3.26. The van der Waals surface area contributed by atoms with Gasteiger partial charge in [-0.2, -0.15) is 0 Å². The van der Waals surface area contributed by atoms with Crippen molar-refractivity contribution >= 4 is 17.1 Å². The third-order valence-electron chi connectivity index (χ3n) is 1.86. The van der Waals surface area contributed by atoms with Gasteiger partial charge in [-0.3, -0.25) is 4.79 Å². The van der Waals surface area contributed by atoms with Gasteiger partial charge in [0.05, 0.1) is 5.01 Å². The van der Waals surface area contributed by atoms with E-state index in [1.165, 1.54) is 7.11 Å². The number of ether oxygens (including phenoxy) is 1. The molecule has 4 heteroatoms. The van der Waals surface area contributed by atoms with Crippen molar-refractivity contribution in [3.8, 4) is 0 Å². The van der Waals surface area contributed by atoms with E-state index in [1.807, 2.05) is 5.38 Å². The van der Waals surface area contributed by atoms with Crippen molar-refractivity contribution in [1.82, 2.24) is 4.98 Å². The number of methoxy groups -OCH3 is 1. The van der Waals surface area contributed by atoms with Crippen LogP contribution in [0.4, 0.5) is 0 Å². The lowest BCUT2D eigenvalue weighted by Gasteiger charge is -1.94. The lowest BCUT2D eigenvalue weighted by Crippen LogP contribution is -2.07. The Morgan fingerprint density at radius 3 is 3.07 bits per heavy atom. The van der Waals surface area contributed by atoms with E-state index in [0.29, 0.717) is 5.69 Å². The van der Waals surface area contributed by atoms with E-state index in [1.54, 1.807) is 11.3 Å². The largest absolute Gasteiger partial charge is 0.376 e. The Kier molecular flexibility index (Phi) is 4.76. The van der Waals surface area contributed by atoms with E-state index < -0.39 is 0 Å². The van der Waals surface area contributed by atoms with Gasteiger partial charge in [0.2, 0.25) is 5.78 Å². The van der Waals surface area contributed by atoms with Gasteiger partial charge in [0.1, 0.15) is 12.3 Å². The second kappa shape index (κ2) is 5.88. The molecule has 0 radical (unpaired) electrons. The van der Waals surface area contributed by atoms with Gasteiger partial charge < -0.3 is 4.74 Å². The number of carbonyl (C=O) groups excluding carboxylic acids is 1. The maximum Gasteiger partial charge on any atom is 0.207 e. The molecular formula is C10H15NO2S. The van der Waals surface area contributed by atoms with Gasteiger partial charge in [-0.15, -0.1) is 11.3 Å². The minimum absolute atomic E-state index is 0.0356. The Bertz CT molecular complexity index is 296. The molecule has 1 aromatic heterocycles. The fourth-order valence-corrected chi connectivity index (χ4v) is 1.93. The van der Waals surface area contributed by atoms with Crippen molar-refractivity contribution in [2.75, 3.05) is 13.7 Å². The third-order valence-corrected chi connectivity index (χ3v) is 2.77. The molecule has 0 bridgehead atoms. The van der Waals surface area contributed by atoms with Crippen LogP contribution in [0.25, 0.3) is 0 Å². The van der Waals surface area contributed by atoms with E-state index in [2.05, 4.69) is 11.9 Å². The predicted molar refractivity (Wildman–Crippen MR) is 56.9 cm³/mol. The quantitative estimate of drug-likeness (QED) is 0.681. The predicted octanol–water partition coefficient (Wildman–Crippen LogP) is 2.31. The standard InChI is InChI=1S/C10H15NO2S/c1-3-4-5-10-11-8(7-14-10)9(12)6-13-2/h7H,3-6H2,1-2H3. The lowest BCUT2D eigenvalue weighted by molar-refractivity contribution is 0.0843. The Hall–Kier alpha value is -0.740. The lowest BCUT2D eigenvalue weighted by atomic mass is 10.2. The molecular weight excluding hydrogens is 198 g/mol. The minimum Gasteiger partial charge on any atom is -0.376 e. The van der Waals surface area contributed by atoms with Crippen LogP contribution in [0.1, 0.15) is 35.3 Å². The molecule has 0 fully saturated rings. The van der Waals surface area contributed by atoms with Gasteiger partial charge in [-0.25, -0.2) is 4.98 Å². The van der Waals surface area contributed by atoms with E-state index in [0.717, 1.165) is 24.3 Å². The topological polar surface area (TPSA) is 39.2 Å². The first kappa shape index (κ1) is 11.3. The highest BCUT2D eigenvalue weighted by Gasteiger charge is 2.09. The minimum atomic E-state index is -0.0356.